The van der Waals surface area contributed by atoms with Crippen molar-refractivity contribution < 1.29 is 5.11 Å². The summed E-state index contributed by atoms with van der Waals surface area (Å²) in [6.07, 6.45) is 0.785. The Kier molecular flexibility index (Phi) is 2.80. The molecule has 2 aromatic rings. The average Bonchev–Trinajstić information content (AvgIpc) is 2.96. The molecule has 1 saturated heterocycles. The Balaban J connectivity index is 1.83. The van der Waals surface area contributed by atoms with Gasteiger partial charge in [-0.3, -0.25) is 0 Å². The summed E-state index contributed by atoms with van der Waals surface area (Å²) in [6, 6.07) is 9.96. The molecule has 0 bridgehead atoms. The highest BCUT2D eigenvalue weighted by Gasteiger charge is 2.32. The molecule has 1 aliphatic heterocycles. The van der Waals surface area contributed by atoms with Crippen LogP contribution in [0.25, 0.3) is 11.4 Å². The van der Waals surface area contributed by atoms with E-state index in [9.17, 15) is 5.11 Å². The van der Waals surface area contributed by atoms with Crippen LogP contribution < -0.4 is 4.90 Å². The second-order valence-electron chi connectivity index (χ2n) is 4.94. The Hall–Kier alpha value is -1.46. The van der Waals surface area contributed by atoms with Gasteiger partial charge in [-0.05, 0) is 13.3 Å². The van der Waals surface area contributed by atoms with Crippen LogP contribution in [0.1, 0.15) is 13.3 Å². The summed E-state index contributed by atoms with van der Waals surface area (Å²) in [4.78, 5) is 6.65. The Morgan fingerprint density at radius 1 is 1.33 bits per heavy atom. The smallest absolute Gasteiger partial charge is 0.205 e. The zero-order chi connectivity index (χ0) is 12.6. The number of anilines is 1. The van der Waals surface area contributed by atoms with E-state index in [1.165, 1.54) is 11.5 Å². The van der Waals surface area contributed by atoms with Gasteiger partial charge < -0.3 is 10.0 Å². The zero-order valence-corrected chi connectivity index (χ0v) is 11.0. The summed E-state index contributed by atoms with van der Waals surface area (Å²) in [7, 11) is 0. The molecule has 2 heterocycles. The lowest BCUT2D eigenvalue weighted by molar-refractivity contribution is 0.0839. The Bertz CT molecular complexity index is 538. The lowest BCUT2D eigenvalue weighted by Crippen LogP contribution is -2.29. The first-order valence-electron chi connectivity index (χ1n) is 6.00. The van der Waals surface area contributed by atoms with Crippen LogP contribution in [0, 0.1) is 0 Å². The molecule has 1 aliphatic rings. The van der Waals surface area contributed by atoms with E-state index in [0.29, 0.717) is 6.54 Å². The van der Waals surface area contributed by atoms with Gasteiger partial charge in [0.1, 0.15) is 0 Å². The van der Waals surface area contributed by atoms with Crippen molar-refractivity contribution in [3.8, 4) is 11.4 Å². The van der Waals surface area contributed by atoms with Crippen LogP contribution in [-0.2, 0) is 0 Å². The van der Waals surface area contributed by atoms with Gasteiger partial charge in [0, 0.05) is 30.2 Å². The van der Waals surface area contributed by atoms with Gasteiger partial charge in [0.25, 0.3) is 0 Å². The van der Waals surface area contributed by atoms with E-state index in [1.807, 2.05) is 37.3 Å². The summed E-state index contributed by atoms with van der Waals surface area (Å²) in [5.41, 5.74) is 0.435. The van der Waals surface area contributed by atoms with E-state index in [-0.39, 0.29) is 0 Å². The van der Waals surface area contributed by atoms with E-state index in [2.05, 4.69) is 14.3 Å². The highest BCUT2D eigenvalue weighted by Crippen LogP contribution is 2.29. The second kappa shape index (κ2) is 4.33. The molecule has 0 saturated carbocycles. The third-order valence-electron chi connectivity index (χ3n) is 3.17. The number of rotatable bonds is 2. The van der Waals surface area contributed by atoms with Gasteiger partial charge >= 0.3 is 0 Å². The van der Waals surface area contributed by atoms with Crippen molar-refractivity contribution in [1.82, 2.24) is 9.36 Å². The molecule has 4 nitrogen and oxygen atoms in total. The molecule has 1 aromatic heterocycles. The fourth-order valence-electron chi connectivity index (χ4n) is 2.16. The third-order valence-corrected chi connectivity index (χ3v) is 3.95. The maximum absolute atomic E-state index is 9.96. The fraction of sp³-hybridized carbons (Fsp3) is 0.385. The van der Waals surface area contributed by atoms with Crippen LogP contribution in [0.5, 0.6) is 0 Å². The maximum Gasteiger partial charge on any atom is 0.205 e. The van der Waals surface area contributed by atoms with Crippen LogP contribution in [0.3, 0.4) is 0 Å². The molecule has 18 heavy (non-hydrogen) atoms. The number of aromatic nitrogens is 2. The van der Waals surface area contributed by atoms with Crippen molar-refractivity contribution in [3.63, 3.8) is 0 Å². The molecule has 1 N–H and O–H groups in total. The number of nitrogens with zero attached hydrogens (tertiary/aromatic N) is 3. The standard InChI is InChI=1S/C13H15N3OS/c1-13(17)7-8-16(9-13)12-14-11(15-18-12)10-5-3-2-4-6-10/h2-6,17H,7-9H2,1H3. The van der Waals surface area contributed by atoms with Crippen LogP contribution in [0.15, 0.2) is 30.3 Å². The molecule has 0 amide bonds. The lowest BCUT2D eigenvalue weighted by atomic mass is 10.1. The van der Waals surface area contributed by atoms with E-state index in [4.69, 9.17) is 0 Å². The van der Waals surface area contributed by atoms with Crippen LogP contribution >= 0.6 is 11.5 Å². The highest BCUT2D eigenvalue weighted by molar-refractivity contribution is 7.09. The number of β-amino-alcohol motifs (C(OH)–C–C–N with tert-alkyl or cyclic N) is 1. The quantitative estimate of drug-likeness (QED) is 0.900. The monoisotopic (exact) mass is 261 g/mol. The number of hydrogen-bond donors (Lipinski definition) is 1. The topological polar surface area (TPSA) is 49.2 Å². The Morgan fingerprint density at radius 3 is 2.78 bits per heavy atom. The first kappa shape index (κ1) is 11.6. The molecule has 5 heteroatoms. The molecule has 1 unspecified atom stereocenters. The number of aliphatic hydroxyl groups is 1. The first-order chi connectivity index (χ1) is 8.64. The largest absolute Gasteiger partial charge is 0.388 e. The predicted molar refractivity (Wildman–Crippen MR) is 72.8 cm³/mol. The van der Waals surface area contributed by atoms with E-state index >= 15 is 0 Å². The van der Waals surface area contributed by atoms with Crippen molar-refractivity contribution >= 4 is 16.7 Å². The third kappa shape index (κ3) is 2.23. The van der Waals surface area contributed by atoms with Crippen molar-refractivity contribution in [2.45, 2.75) is 18.9 Å². The fourth-order valence-corrected chi connectivity index (χ4v) is 2.87. The molecule has 1 fully saturated rings. The molecule has 1 aromatic carbocycles. The summed E-state index contributed by atoms with van der Waals surface area (Å²) in [5.74, 6) is 0.766. The van der Waals surface area contributed by atoms with Gasteiger partial charge in [-0.2, -0.15) is 9.36 Å². The van der Waals surface area contributed by atoms with E-state index in [1.54, 1.807) is 0 Å². The van der Waals surface area contributed by atoms with Crippen molar-refractivity contribution in [3.05, 3.63) is 30.3 Å². The van der Waals surface area contributed by atoms with Gasteiger partial charge in [0.2, 0.25) is 5.13 Å². The summed E-state index contributed by atoms with van der Waals surface area (Å²) in [5, 5.41) is 10.9. The van der Waals surface area contributed by atoms with Crippen molar-refractivity contribution in [1.29, 1.82) is 0 Å². The Labute approximate surface area is 110 Å². The van der Waals surface area contributed by atoms with Crippen molar-refractivity contribution in [2.75, 3.05) is 18.0 Å². The summed E-state index contributed by atoms with van der Waals surface area (Å²) >= 11 is 1.40. The van der Waals surface area contributed by atoms with Gasteiger partial charge in [-0.25, -0.2) is 0 Å². The van der Waals surface area contributed by atoms with Gasteiger partial charge in [-0.15, -0.1) is 0 Å². The molecule has 0 spiro atoms. The SMILES string of the molecule is CC1(O)CCN(c2nc(-c3ccccc3)ns2)C1. The maximum atomic E-state index is 9.96. The predicted octanol–water partition coefficient (Wildman–Crippen LogP) is 2.17. The normalized spacial score (nSPS) is 23.6. The number of hydrogen-bond acceptors (Lipinski definition) is 5. The molecule has 3 rings (SSSR count). The molecule has 94 valence electrons. The molecule has 0 radical (unpaired) electrons. The summed E-state index contributed by atoms with van der Waals surface area (Å²) < 4.78 is 4.39. The number of benzene rings is 1. The average molecular weight is 261 g/mol. The van der Waals surface area contributed by atoms with Gasteiger partial charge in [0.15, 0.2) is 5.82 Å². The van der Waals surface area contributed by atoms with E-state index < -0.39 is 5.60 Å². The van der Waals surface area contributed by atoms with Crippen LogP contribution in [0.4, 0.5) is 5.13 Å². The molecule has 1 atom stereocenters. The molecular weight excluding hydrogens is 246 g/mol. The minimum Gasteiger partial charge on any atom is -0.388 e. The zero-order valence-electron chi connectivity index (χ0n) is 10.2. The highest BCUT2D eigenvalue weighted by atomic mass is 32.1. The van der Waals surface area contributed by atoms with Crippen LogP contribution in [0.2, 0.25) is 0 Å². The lowest BCUT2D eigenvalue weighted by Gasteiger charge is -2.17. The Morgan fingerprint density at radius 2 is 2.11 bits per heavy atom. The van der Waals surface area contributed by atoms with E-state index in [0.717, 1.165) is 29.5 Å². The summed E-state index contributed by atoms with van der Waals surface area (Å²) in [6.45, 7) is 3.35. The van der Waals surface area contributed by atoms with Crippen LogP contribution in [-0.4, -0.2) is 33.2 Å². The molecular formula is C13H15N3OS. The van der Waals surface area contributed by atoms with Gasteiger partial charge in [-0.1, -0.05) is 30.3 Å². The minimum absolute atomic E-state index is 0.599. The minimum atomic E-state index is -0.599. The second-order valence-corrected chi connectivity index (χ2v) is 5.67. The molecule has 0 aliphatic carbocycles. The first-order valence-corrected chi connectivity index (χ1v) is 6.78. The van der Waals surface area contributed by atoms with Crippen molar-refractivity contribution in [2.24, 2.45) is 0 Å². The van der Waals surface area contributed by atoms with Gasteiger partial charge in [0.05, 0.1) is 5.60 Å².